The van der Waals surface area contributed by atoms with E-state index < -0.39 is 11.1 Å². The molecule has 0 radical (unpaired) electrons. The summed E-state index contributed by atoms with van der Waals surface area (Å²) in [5.41, 5.74) is 0. The van der Waals surface area contributed by atoms with Gasteiger partial charge in [-0.1, -0.05) is 38.1 Å². The Morgan fingerprint density at radius 3 is 2.50 bits per heavy atom. The van der Waals surface area contributed by atoms with Gasteiger partial charge in [0.15, 0.2) is 6.61 Å². The van der Waals surface area contributed by atoms with Crippen LogP contribution in [0.15, 0.2) is 24.3 Å². The van der Waals surface area contributed by atoms with Crippen molar-refractivity contribution in [3.8, 4) is 5.75 Å². The Balaban J connectivity index is 2.53. The molecule has 0 bridgehead atoms. The Kier molecular flexibility index (Phi) is 5.31. The fourth-order valence-corrected chi connectivity index (χ4v) is 1.35. The first kappa shape index (κ1) is 15.1. The number of aliphatic hydroxyl groups is 1. The third-order valence-electron chi connectivity index (χ3n) is 1.97. The molecule has 0 heterocycles. The standard InChI is InChI=1S/C12H15ClO4S/c1-8(2)11(14)16-7-12(15,18)17-10-5-3-9(13)4-6-10/h3-6,8,15,18H,7H2,1-2H3. The molecule has 1 unspecified atom stereocenters. The molecular weight excluding hydrogens is 276 g/mol. The van der Waals surface area contributed by atoms with Crippen LogP contribution in [-0.4, -0.2) is 22.8 Å². The van der Waals surface area contributed by atoms with E-state index in [-0.39, 0.29) is 12.5 Å². The Labute approximate surface area is 116 Å². The maximum Gasteiger partial charge on any atom is 0.308 e. The van der Waals surface area contributed by atoms with Crippen LogP contribution in [-0.2, 0) is 9.53 Å². The number of hydrogen-bond acceptors (Lipinski definition) is 5. The van der Waals surface area contributed by atoms with Crippen molar-refractivity contribution in [3.63, 3.8) is 0 Å². The van der Waals surface area contributed by atoms with Gasteiger partial charge in [-0.3, -0.25) is 4.79 Å². The maximum atomic E-state index is 11.2. The lowest BCUT2D eigenvalue weighted by Gasteiger charge is -2.23. The smallest absolute Gasteiger partial charge is 0.308 e. The molecule has 18 heavy (non-hydrogen) atoms. The Morgan fingerprint density at radius 2 is 2.00 bits per heavy atom. The van der Waals surface area contributed by atoms with Gasteiger partial charge in [-0.2, -0.15) is 0 Å². The van der Waals surface area contributed by atoms with Crippen LogP contribution in [0.25, 0.3) is 0 Å². The normalized spacial score (nSPS) is 14.1. The van der Waals surface area contributed by atoms with Gasteiger partial charge in [-0.15, -0.1) is 0 Å². The van der Waals surface area contributed by atoms with Gasteiger partial charge < -0.3 is 14.6 Å². The van der Waals surface area contributed by atoms with Crippen LogP contribution in [0, 0.1) is 5.92 Å². The number of esters is 1. The fraction of sp³-hybridized carbons (Fsp3) is 0.417. The van der Waals surface area contributed by atoms with Crippen molar-refractivity contribution in [2.45, 2.75) is 19.0 Å². The molecule has 0 fully saturated rings. The van der Waals surface area contributed by atoms with Gasteiger partial charge in [0.25, 0.3) is 5.12 Å². The molecule has 4 nitrogen and oxygen atoms in total. The minimum Gasteiger partial charge on any atom is -0.457 e. The van der Waals surface area contributed by atoms with Gasteiger partial charge in [0, 0.05) is 5.02 Å². The number of thiol groups is 1. The summed E-state index contributed by atoms with van der Waals surface area (Å²) in [7, 11) is 0. The highest BCUT2D eigenvalue weighted by atomic mass is 35.5. The van der Waals surface area contributed by atoms with Gasteiger partial charge in [0.05, 0.1) is 5.92 Å². The molecule has 1 aromatic rings. The van der Waals surface area contributed by atoms with Crippen molar-refractivity contribution < 1.29 is 19.4 Å². The summed E-state index contributed by atoms with van der Waals surface area (Å²) in [5, 5.41) is 8.48. The molecule has 6 heteroatoms. The molecule has 1 atom stereocenters. The first-order chi connectivity index (χ1) is 8.30. The minimum atomic E-state index is -1.88. The molecule has 1 aromatic carbocycles. The molecular formula is C12H15ClO4S. The summed E-state index contributed by atoms with van der Waals surface area (Å²) in [4.78, 5) is 11.2. The van der Waals surface area contributed by atoms with Crippen LogP contribution in [0.3, 0.4) is 0 Å². The van der Waals surface area contributed by atoms with E-state index in [4.69, 9.17) is 21.1 Å². The Bertz CT molecular complexity index is 403. The minimum absolute atomic E-state index is 0.273. The van der Waals surface area contributed by atoms with E-state index in [2.05, 4.69) is 12.6 Å². The molecule has 0 amide bonds. The average Bonchev–Trinajstić information content (AvgIpc) is 2.29. The van der Waals surface area contributed by atoms with E-state index in [0.717, 1.165) is 0 Å². The third kappa shape index (κ3) is 5.16. The van der Waals surface area contributed by atoms with Crippen LogP contribution in [0.2, 0.25) is 5.02 Å². The predicted molar refractivity (Wildman–Crippen MR) is 71.8 cm³/mol. The monoisotopic (exact) mass is 290 g/mol. The number of hydrogen-bond donors (Lipinski definition) is 2. The molecule has 0 saturated carbocycles. The second-order valence-electron chi connectivity index (χ2n) is 4.06. The topological polar surface area (TPSA) is 55.8 Å². The molecule has 1 rings (SSSR count). The van der Waals surface area contributed by atoms with Crippen LogP contribution in [0.5, 0.6) is 5.75 Å². The van der Waals surface area contributed by atoms with Crippen molar-refractivity contribution in [1.82, 2.24) is 0 Å². The largest absolute Gasteiger partial charge is 0.457 e. The highest BCUT2D eigenvalue weighted by Gasteiger charge is 2.27. The quantitative estimate of drug-likeness (QED) is 0.497. The summed E-state index contributed by atoms with van der Waals surface area (Å²) < 4.78 is 10.0. The average molecular weight is 291 g/mol. The van der Waals surface area contributed by atoms with E-state index >= 15 is 0 Å². The number of ether oxygens (including phenoxy) is 2. The van der Waals surface area contributed by atoms with Crippen LogP contribution in [0.4, 0.5) is 0 Å². The van der Waals surface area contributed by atoms with Gasteiger partial charge in [-0.25, -0.2) is 0 Å². The fourth-order valence-electron chi connectivity index (χ4n) is 1.05. The highest BCUT2D eigenvalue weighted by molar-refractivity contribution is 7.81. The van der Waals surface area contributed by atoms with Crippen molar-refractivity contribution in [3.05, 3.63) is 29.3 Å². The predicted octanol–water partition coefficient (Wildman–Crippen LogP) is 2.49. The number of carbonyl (C=O) groups is 1. The van der Waals surface area contributed by atoms with Crippen LogP contribution >= 0.6 is 24.2 Å². The number of carbonyl (C=O) groups excluding carboxylic acids is 1. The second-order valence-corrected chi connectivity index (χ2v) is 5.20. The van der Waals surface area contributed by atoms with Crippen molar-refractivity contribution >= 4 is 30.2 Å². The van der Waals surface area contributed by atoms with Gasteiger partial charge in [0.2, 0.25) is 0 Å². The number of halogens is 1. The van der Waals surface area contributed by atoms with E-state index in [1.54, 1.807) is 38.1 Å². The van der Waals surface area contributed by atoms with Crippen LogP contribution < -0.4 is 4.74 Å². The first-order valence-corrected chi connectivity index (χ1v) is 6.18. The van der Waals surface area contributed by atoms with Crippen molar-refractivity contribution in [2.75, 3.05) is 6.61 Å². The zero-order chi connectivity index (χ0) is 13.8. The molecule has 0 aliphatic heterocycles. The van der Waals surface area contributed by atoms with Gasteiger partial charge in [0.1, 0.15) is 5.75 Å². The molecule has 0 aromatic heterocycles. The SMILES string of the molecule is CC(C)C(=O)OCC(O)(S)Oc1ccc(Cl)cc1. The lowest BCUT2D eigenvalue weighted by Crippen LogP contribution is -2.36. The summed E-state index contributed by atoms with van der Waals surface area (Å²) in [5.74, 6) is -0.329. The summed E-state index contributed by atoms with van der Waals surface area (Å²) in [6, 6.07) is 6.38. The maximum absolute atomic E-state index is 11.2. The number of benzene rings is 1. The first-order valence-electron chi connectivity index (χ1n) is 5.36. The molecule has 0 saturated heterocycles. The number of rotatable bonds is 5. The van der Waals surface area contributed by atoms with E-state index in [1.165, 1.54) is 0 Å². The molecule has 0 aliphatic rings. The van der Waals surface area contributed by atoms with Crippen molar-refractivity contribution in [2.24, 2.45) is 5.92 Å². The zero-order valence-corrected chi connectivity index (χ0v) is 11.7. The Morgan fingerprint density at radius 1 is 1.44 bits per heavy atom. The van der Waals surface area contributed by atoms with E-state index in [9.17, 15) is 9.90 Å². The highest BCUT2D eigenvalue weighted by Crippen LogP contribution is 2.22. The molecule has 1 N–H and O–H groups in total. The van der Waals surface area contributed by atoms with E-state index in [0.29, 0.717) is 10.8 Å². The van der Waals surface area contributed by atoms with Crippen LogP contribution in [0.1, 0.15) is 13.8 Å². The lowest BCUT2D eigenvalue weighted by atomic mass is 10.2. The molecule has 100 valence electrons. The summed E-state index contributed by atoms with van der Waals surface area (Å²) in [6.07, 6.45) is 0. The summed E-state index contributed by atoms with van der Waals surface area (Å²) >= 11 is 9.60. The van der Waals surface area contributed by atoms with Gasteiger partial charge in [-0.05, 0) is 24.3 Å². The van der Waals surface area contributed by atoms with Gasteiger partial charge >= 0.3 is 5.97 Å². The molecule has 0 aliphatic carbocycles. The summed E-state index contributed by atoms with van der Waals surface area (Å²) in [6.45, 7) is 3.02. The Hall–Kier alpha value is -0.910. The lowest BCUT2D eigenvalue weighted by molar-refractivity contribution is -0.161. The second kappa shape index (κ2) is 6.31. The zero-order valence-electron chi connectivity index (χ0n) is 10.1. The van der Waals surface area contributed by atoms with E-state index in [1.807, 2.05) is 0 Å². The van der Waals surface area contributed by atoms with Crippen molar-refractivity contribution in [1.29, 1.82) is 0 Å². The molecule has 0 spiro atoms. The third-order valence-corrected chi connectivity index (χ3v) is 2.44.